The van der Waals surface area contributed by atoms with Crippen LogP contribution < -0.4 is 10.6 Å². The van der Waals surface area contributed by atoms with Crippen molar-refractivity contribution in [2.45, 2.75) is 24.9 Å². The SMILES string of the molecule is CC(C)c1ccc(-n2nnnc2SCC(=O)NCC(=O)Nc2ccccc2Br)cc1. The Kier molecular flexibility index (Phi) is 7.58. The van der Waals surface area contributed by atoms with Crippen LogP contribution in [0.15, 0.2) is 58.2 Å². The van der Waals surface area contributed by atoms with E-state index in [1.807, 2.05) is 42.5 Å². The average molecular weight is 489 g/mol. The molecule has 0 saturated carbocycles. The Morgan fingerprint density at radius 3 is 2.53 bits per heavy atom. The third-order valence-corrected chi connectivity index (χ3v) is 5.78. The smallest absolute Gasteiger partial charge is 0.243 e. The molecule has 0 unspecified atom stereocenters. The molecule has 0 saturated heterocycles. The standard InChI is InChI=1S/C20H21BrN6O2S/c1-13(2)14-7-9-15(10-8-14)27-20(24-25-26-27)30-12-19(29)22-11-18(28)23-17-6-4-3-5-16(17)21/h3-10,13H,11-12H2,1-2H3,(H,22,29)(H,23,28). The number of rotatable bonds is 8. The van der Waals surface area contributed by atoms with Gasteiger partial charge in [0, 0.05) is 4.47 Å². The largest absolute Gasteiger partial charge is 0.346 e. The van der Waals surface area contributed by atoms with Crippen LogP contribution in [-0.4, -0.2) is 44.3 Å². The van der Waals surface area contributed by atoms with E-state index in [0.29, 0.717) is 16.8 Å². The Hall–Kier alpha value is -2.72. The normalized spacial score (nSPS) is 10.8. The van der Waals surface area contributed by atoms with E-state index in [1.165, 1.54) is 17.3 Å². The lowest BCUT2D eigenvalue weighted by Crippen LogP contribution is -2.34. The van der Waals surface area contributed by atoms with E-state index in [2.05, 4.69) is 55.9 Å². The molecule has 0 aliphatic carbocycles. The number of hydrogen-bond acceptors (Lipinski definition) is 6. The molecule has 30 heavy (non-hydrogen) atoms. The number of aromatic nitrogens is 4. The van der Waals surface area contributed by atoms with E-state index in [-0.39, 0.29) is 24.1 Å². The highest BCUT2D eigenvalue weighted by molar-refractivity contribution is 9.10. The number of carbonyl (C=O) groups excluding carboxylic acids is 2. The molecule has 10 heteroatoms. The van der Waals surface area contributed by atoms with Crippen LogP contribution in [0, 0.1) is 0 Å². The van der Waals surface area contributed by atoms with Crippen molar-refractivity contribution in [3.05, 3.63) is 58.6 Å². The van der Waals surface area contributed by atoms with Crippen LogP contribution in [0.5, 0.6) is 0 Å². The maximum absolute atomic E-state index is 12.1. The van der Waals surface area contributed by atoms with Gasteiger partial charge in [-0.05, 0) is 62.1 Å². The summed E-state index contributed by atoms with van der Waals surface area (Å²) in [4.78, 5) is 24.2. The van der Waals surface area contributed by atoms with Crippen LogP contribution >= 0.6 is 27.7 Å². The van der Waals surface area contributed by atoms with Crippen molar-refractivity contribution in [3.63, 3.8) is 0 Å². The van der Waals surface area contributed by atoms with Gasteiger partial charge in [-0.3, -0.25) is 9.59 Å². The van der Waals surface area contributed by atoms with Crippen molar-refractivity contribution >= 4 is 45.2 Å². The Morgan fingerprint density at radius 2 is 1.83 bits per heavy atom. The lowest BCUT2D eigenvalue weighted by atomic mass is 10.0. The molecule has 2 amide bonds. The molecule has 2 N–H and O–H groups in total. The van der Waals surface area contributed by atoms with Gasteiger partial charge in [0.15, 0.2) is 0 Å². The number of nitrogens with one attached hydrogen (secondary N) is 2. The lowest BCUT2D eigenvalue weighted by molar-refractivity contribution is -0.122. The van der Waals surface area contributed by atoms with Gasteiger partial charge in [-0.25, -0.2) is 0 Å². The highest BCUT2D eigenvalue weighted by atomic mass is 79.9. The van der Waals surface area contributed by atoms with Gasteiger partial charge in [0.1, 0.15) is 0 Å². The fraction of sp³-hybridized carbons (Fsp3) is 0.250. The summed E-state index contributed by atoms with van der Waals surface area (Å²) in [6.45, 7) is 4.14. The molecule has 1 heterocycles. The van der Waals surface area contributed by atoms with Gasteiger partial charge >= 0.3 is 0 Å². The molecule has 2 aromatic carbocycles. The van der Waals surface area contributed by atoms with Crippen molar-refractivity contribution in [2.24, 2.45) is 0 Å². The first-order valence-electron chi connectivity index (χ1n) is 9.26. The molecule has 0 fully saturated rings. The molecular weight excluding hydrogens is 468 g/mol. The first-order chi connectivity index (χ1) is 14.4. The number of amides is 2. The molecule has 3 rings (SSSR count). The monoisotopic (exact) mass is 488 g/mol. The quantitative estimate of drug-likeness (QED) is 0.471. The summed E-state index contributed by atoms with van der Waals surface area (Å²) in [6, 6.07) is 15.2. The van der Waals surface area contributed by atoms with Gasteiger partial charge in [-0.2, -0.15) is 4.68 Å². The summed E-state index contributed by atoms with van der Waals surface area (Å²) in [5, 5.41) is 17.5. The highest BCUT2D eigenvalue weighted by Crippen LogP contribution is 2.22. The van der Waals surface area contributed by atoms with Gasteiger partial charge in [0.05, 0.1) is 23.7 Å². The van der Waals surface area contributed by atoms with Crippen LogP contribution in [0.4, 0.5) is 5.69 Å². The van der Waals surface area contributed by atoms with E-state index < -0.39 is 0 Å². The van der Waals surface area contributed by atoms with E-state index in [9.17, 15) is 9.59 Å². The van der Waals surface area contributed by atoms with Gasteiger partial charge in [0.2, 0.25) is 17.0 Å². The fourth-order valence-corrected chi connectivity index (χ4v) is 3.65. The minimum absolute atomic E-state index is 0.0900. The van der Waals surface area contributed by atoms with Crippen LogP contribution in [0.3, 0.4) is 0 Å². The minimum Gasteiger partial charge on any atom is -0.346 e. The highest BCUT2D eigenvalue weighted by Gasteiger charge is 2.13. The van der Waals surface area contributed by atoms with Gasteiger partial charge in [-0.1, -0.05) is 49.9 Å². The van der Waals surface area contributed by atoms with Crippen LogP contribution in [-0.2, 0) is 9.59 Å². The molecule has 0 aliphatic rings. The first-order valence-corrected chi connectivity index (χ1v) is 11.0. The number of anilines is 1. The van der Waals surface area contributed by atoms with Crippen molar-refractivity contribution in [1.29, 1.82) is 0 Å². The Labute approximate surface area is 186 Å². The maximum Gasteiger partial charge on any atom is 0.243 e. The lowest BCUT2D eigenvalue weighted by Gasteiger charge is -2.09. The number of nitrogens with zero attached hydrogens (tertiary/aromatic N) is 4. The summed E-state index contributed by atoms with van der Waals surface area (Å²) in [5.41, 5.74) is 2.69. The topological polar surface area (TPSA) is 102 Å². The Bertz CT molecular complexity index is 1020. The van der Waals surface area contributed by atoms with Crippen molar-refractivity contribution in [2.75, 3.05) is 17.6 Å². The predicted molar refractivity (Wildman–Crippen MR) is 120 cm³/mol. The number of carbonyl (C=O) groups is 2. The van der Waals surface area contributed by atoms with Crippen LogP contribution in [0.2, 0.25) is 0 Å². The number of tetrazole rings is 1. The third kappa shape index (κ3) is 5.90. The van der Waals surface area contributed by atoms with Gasteiger partial charge < -0.3 is 10.6 Å². The fourth-order valence-electron chi connectivity index (χ4n) is 2.55. The van der Waals surface area contributed by atoms with E-state index in [1.54, 1.807) is 10.7 Å². The number of benzene rings is 2. The second-order valence-corrected chi connectivity index (χ2v) is 8.51. The number of para-hydroxylation sites is 1. The van der Waals surface area contributed by atoms with E-state index in [4.69, 9.17) is 0 Å². The summed E-state index contributed by atoms with van der Waals surface area (Å²) in [5.74, 6) is -0.0692. The zero-order chi connectivity index (χ0) is 21.5. The van der Waals surface area contributed by atoms with Gasteiger partial charge in [-0.15, -0.1) is 5.10 Å². The average Bonchev–Trinajstić information content (AvgIpc) is 3.21. The van der Waals surface area contributed by atoms with Crippen LogP contribution in [0.25, 0.3) is 5.69 Å². The summed E-state index contributed by atoms with van der Waals surface area (Å²) in [6.07, 6.45) is 0. The molecular formula is C20H21BrN6O2S. The van der Waals surface area contributed by atoms with E-state index >= 15 is 0 Å². The number of thioether (sulfide) groups is 1. The summed E-state index contributed by atoms with van der Waals surface area (Å²) in [7, 11) is 0. The zero-order valence-electron chi connectivity index (χ0n) is 16.5. The first kappa shape index (κ1) is 22.0. The maximum atomic E-state index is 12.1. The molecule has 0 aliphatic heterocycles. The molecule has 3 aromatic rings. The molecule has 8 nitrogen and oxygen atoms in total. The molecule has 0 bridgehead atoms. The van der Waals surface area contributed by atoms with E-state index in [0.717, 1.165) is 10.2 Å². The van der Waals surface area contributed by atoms with Crippen LogP contribution in [0.1, 0.15) is 25.3 Å². The molecule has 0 spiro atoms. The Balaban J connectivity index is 1.50. The summed E-state index contributed by atoms with van der Waals surface area (Å²) >= 11 is 4.56. The number of halogens is 1. The predicted octanol–water partition coefficient (Wildman–Crippen LogP) is 3.40. The third-order valence-electron chi connectivity index (χ3n) is 4.17. The number of hydrogen-bond donors (Lipinski definition) is 2. The van der Waals surface area contributed by atoms with Crippen molar-refractivity contribution in [3.8, 4) is 5.69 Å². The molecule has 1 aromatic heterocycles. The summed E-state index contributed by atoms with van der Waals surface area (Å²) < 4.78 is 2.36. The Morgan fingerprint density at radius 1 is 1.10 bits per heavy atom. The van der Waals surface area contributed by atoms with Crippen molar-refractivity contribution in [1.82, 2.24) is 25.5 Å². The second kappa shape index (κ2) is 10.4. The van der Waals surface area contributed by atoms with Crippen molar-refractivity contribution < 1.29 is 9.59 Å². The molecule has 156 valence electrons. The molecule has 0 atom stereocenters. The second-order valence-electron chi connectivity index (χ2n) is 6.71. The molecule has 0 radical (unpaired) electrons. The zero-order valence-corrected chi connectivity index (χ0v) is 18.9. The minimum atomic E-state index is -0.310. The van der Waals surface area contributed by atoms with Gasteiger partial charge in [0.25, 0.3) is 0 Å².